The van der Waals surface area contributed by atoms with E-state index in [1.165, 1.54) is 23.0 Å². The molecule has 1 aliphatic rings. The molecule has 0 spiro atoms. The van der Waals surface area contributed by atoms with E-state index in [4.69, 9.17) is 5.84 Å². The highest BCUT2D eigenvalue weighted by atomic mass is 16.1. The number of benzene rings is 1. The van der Waals surface area contributed by atoms with E-state index in [9.17, 15) is 4.79 Å². The Hall–Kier alpha value is -2.30. The SMILES string of the molecule is Cc1ccc2c3c1cc(C(=O)NC=NN)n3CCC2. The van der Waals surface area contributed by atoms with Crippen LogP contribution in [0.25, 0.3) is 10.9 Å². The van der Waals surface area contributed by atoms with Crippen molar-refractivity contribution in [1.29, 1.82) is 0 Å². The van der Waals surface area contributed by atoms with Crippen LogP contribution in [0.15, 0.2) is 23.3 Å². The first kappa shape index (κ1) is 11.8. The number of rotatable bonds is 2. The molecule has 0 bridgehead atoms. The van der Waals surface area contributed by atoms with Crippen molar-refractivity contribution in [3.05, 3.63) is 35.0 Å². The number of amides is 1. The van der Waals surface area contributed by atoms with E-state index in [0.717, 1.165) is 24.8 Å². The summed E-state index contributed by atoms with van der Waals surface area (Å²) in [5, 5.41) is 7.02. The van der Waals surface area contributed by atoms with Crippen LogP contribution in [0.3, 0.4) is 0 Å². The molecule has 3 rings (SSSR count). The van der Waals surface area contributed by atoms with Crippen molar-refractivity contribution in [3.8, 4) is 0 Å². The third-order valence-corrected chi connectivity index (χ3v) is 3.69. The predicted octanol–water partition coefficient (Wildman–Crippen LogP) is 1.53. The summed E-state index contributed by atoms with van der Waals surface area (Å²) in [6.45, 7) is 2.95. The van der Waals surface area contributed by atoms with E-state index >= 15 is 0 Å². The van der Waals surface area contributed by atoms with Crippen molar-refractivity contribution in [1.82, 2.24) is 9.88 Å². The number of hydrogen-bond donors (Lipinski definition) is 2. The lowest BCUT2D eigenvalue weighted by atomic mass is 10.0. The minimum Gasteiger partial charge on any atom is -0.336 e. The van der Waals surface area contributed by atoms with Gasteiger partial charge in [0, 0.05) is 11.9 Å². The molecule has 2 aromatic rings. The Morgan fingerprint density at radius 2 is 2.37 bits per heavy atom. The fraction of sp³-hybridized carbons (Fsp3) is 0.286. The second kappa shape index (κ2) is 4.42. The van der Waals surface area contributed by atoms with Gasteiger partial charge >= 0.3 is 0 Å². The first-order valence-corrected chi connectivity index (χ1v) is 6.36. The standard InChI is InChI=1S/C14H16N4O/c1-9-4-5-10-3-2-6-18-12(7-11(9)13(10)18)14(19)16-8-17-15/h4-5,7-8H,2-3,6,15H2,1H3,(H,16,17,19). The molecular formula is C14H16N4O. The number of carbonyl (C=O) groups is 1. The summed E-state index contributed by atoms with van der Waals surface area (Å²) in [7, 11) is 0. The largest absolute Gasteiger partial charge is 0.336 e. The first-order valence-electron chi connectivity index (χ1n) is 6.36. The molecule has 1 aliphatic heterocycles. The quantitative estimate of drug-likeness (QED) is 0.370. The summed E-state index contributed by atoms with van der Waals surface area (Å²) in [6.07, 6.45) is 3.35. The van der Waals surface area contributed by atoms with Gasteiger partial charge in [-0.05, 0) is 37.0 Å². The molecule has 0 radical (unpaired) electrons. The van der Waals surface area contributed by atoms with Crippen molar-refractivity contribution < 1.29 is 4.79 Å². The number of carbonyl (C=O) groups excluding carboxylic acids is 1. The van der Waals surface area contributed by atoms with Crippen molar-refractivity contribution >= 4 is 23.1 Å². The number of hydrogen-bond acceptors (Lipinski definition) is 3. The molecule has 3 N–H and O–H groups in total. The van der Waals surface area contributed by atoms with Gasteiger partial charge in [-0.3, -0.25) is 4.79 Å². The zero-order valence-corrected chi connectivity index (χ0v) is 10.8. The molecule has 5 heteroatoms. The lowest BCUT2D eigenvalue weighted by Gasteiger charge is -2.18. The summed E-state index contributed by atoms with van der Waals surface area (Å²) in [5.74, 6) is 4.84. The third-order valence-electron chi connectivity index (χ3n) is 3.69. The van der Waals surface area contributed by atoms with Gasteiger partial charge in [0.05, 0.1) is 5.52 Å². The van der Waals surface area contributed by atoms with Gasteiger partial charge in [-0.1, -0.05) is 12.1 Å². The van der Waals surface area contributed by atoms with Crippen LogP contribution in [0.2, 0.25) is 0 Å². The Labute approximate surface area is 111 Å². The van der Waals surface area contributed by atoms with Gasteiger partial charge in [0.25, 0.3) is 5.91 Å². The molecule has 0 saturated carbocycles. The fourth-order valence-electron chi connectivity index (χ4n) is 2.81. The Balaban J connectivity index is 2.19. The summed E-state index contributed by atoms with van der Waals surface area (Å²) in [5.41, 5.74) is 4.38. The molecule has 98 valence electrons. The van der Waals surface area contributed by atoms with Gasteiger partial charge in [-0.25, -0.2) is 0 Å². The lowest BCUT2D eigenvalue weighted by molar-refractivity contribution is 0.0969. The minimum atomic E-state index is -0.169. The van der Waals surface area contributed by atoms with E-state index in [1.807, 2.05) is 6.07 Å². The highest BCUT2D eigenvalue weighted by Gasteiger charge is 2.20. The average Bonchev–Trinajstić information content (AvgIpc) is 2.82. The van der Waals surface area contributed by atoms with Gasteiger partial charge in [0.2, 0.25) is 0 Å². The third kappa shape index (κ3) is 1.78. The Morgan fingerprint density at radius 1 is 1.53 bits per heavy atom. The fourth-order valence-corrected chi connectivity index (χ4v) is 2.81. The van der Waals surface area contributed by atoms with Crippen LogP contribution in [0.4, 0.5) is 0 Å². The summed E-state index contributed by atoms with van der Waals surface area (Å²) >= 11 is 0. The first-order chi connectivity index (χ1) is 9.22. The predicted molar refractivity (Wildman–Crippen MR) is 75.1 cm³/mol. The molecule has 5 nitrogen and oxygen atoms in total. The van der Waals surface area contributed by atoms with Gasteiger partial charge in [-0.15, -0.1) is 0 Å². The summed E-state index contributed by atoms with van der Waals surface area (Å²) in [6, 6.07) is 6.24. The minimum absolute atomic E-state index is 0.169. The number of aromatic nitrogens is 1. The van der Waals surface area contributed by atoms with Gasteiger partial charge in [-0.2, -0.15) is 5.10 Å². The molecule has 0 unspecified atom stereocenters. The number of nitrogens with zero attached hydrogens (tertiary/aromatic N) is 2. The van der Waals surface area contributed by atoms with Gasteiger partial charge < -0.3 is 15.7 Å². The molecule has 1 amide bonds. The number of nitrogens with one attached hydrogen (secondary N) is 1. The molecule has 1 aromatic heterocycles. The second-order valence-corrected chi connectivity index (χ2v) is 4.84. The summed E-state index contributed by atoms with van der Waals surface area (Å²) < 4.78 is 2.10. The smallest absolute Gasteiger partial charge is 0.273 e. The molecule has 0 atom stereocenters. The van der Waals surface area contributed by atoms with Crippen molar-refractivity contribution in [2.45, 2.75) is 26.3 Å². The number of aryl methyl sites for hydroxylation is 3. The molecule has 0 aliphatic carbocycles. The van der Waals surface area contributed by atoms with E-state index in [0.29, 0.717) is 5.69 Å². The van der Waals surface area contributed by atoms with Crippen molar-refractivity contribution in [2.75, 3.05) is 0 Å². The van der Waals surface area contributed by atoms with Crippen molar-refractivity contribution in [3.63, 3.8) is 0 Å². The average molecular weight is 256 g/mol. The van der Waals surface area contributed by atoms with E-state index in [2.05, 4.69) is 34.0 Å². The zero-order chi connectivity index (χ0) is 13.4. The van der Waals surface area contributed by atoms with Gasteiger partial charge in [0.15, 0.2) is 0 Å². The van der Waals surface area contributed by atoms with Crippen LogP contribution in [-0.4, -0.2) is 16.8 Å². The molecule has 0 fully saturated rings. The summed E-state index contributed by atoms with van der Waals surface area (Å²) in [4.78, 5) is 12.1. The Morgan fingerprint density at radius 3 is 3.16 bits per heavy atom. The maximum atomic E-state index is 12.1. The van der Waals surface area contributed by atoms with E-state index in [-0.39, 0.29) is 5.91 Å². The number of nitrogens with two attached hydrogens (primary N) is 1. The number of hydrazone groups is 1. The molecule has 1 aromatic carbocycles. The van der Waals surface area contributed by atoms with Crippen LogP contribution in [0, 0.1) is 6.92 Å². The second-order valence-electron chi connectivity index (χ2n) is 4.84. The van der Waals surface area contributed by atoms with Crippen LogP contribution >= 0.6 is 0 Å². The maximum absolute atomic E-state index is 12.1. The van der Waals surface area contributed by atoms with E-state index in [1.54, 1.807) is 0 Å². The van der Waals surface area contributed by atoms with Crippen LogP contribution in [0.5, 0.6) is 0 Å². The topological polar surface area (TPSA) is 72.4 Å². The Bertz CT molecular complexity index is 684. The highest BCUT2D eigenvalue weighted by molar-refractivity contribution is 6.04. The normalized spacial score (nSPS) is 14.2. The zero-order valence-electron chi connectivity index (χ0n) is 10.8. The molecule has 19 heavy (non-hydrogen) atoms. The molecular weight excluding hydrogens is 240 g/mol. The van der Waals surface area contributed by atoms with E-state index < -0.39 is 0 Å². The highest BCUT2D eigenvalue weighted by Crippen LogP contribution is 2.30. The van der Waals surface area contributed by atoms with Crippen LogP contribution < -0.4 is 11.2 Å². The Kier molecular flexibility index (Phi) is 2.74. The maximum Gasteiger partial charge on any atom is 0.273 e. The van der Waals surface area contributed by atoms with Gasteiger partial charge in [0.1, 0.15) is 12.0 Å². The lowest BCUT2D eigenvalue weighted by Crippen LogP contribution is -2.25. The van der Waals surface area contributed by atoms with Crippen LogP contribution in [0.1, 0.15) is 28.0 Å². The molecule has 0 saturated heterocycles. The molecule has 2 heterocycles. The van der Waals surface area contributed by atoms with Crippen molar-refractivity contribution in [2.24, 2.45) is 10.9 Å². The van der Waals surface area contributed by atoms with Crippen LogP contribution in [-0.2, 0) is 13.0 Å². The monoisotopic (exact) mass is 256 g/mol.